The Morgan fingerprint density at radius 1 is 1.00 bits per heavy atom. The van der Waals surface area contributed by atoms with Crippen molar-refractivity contribution < 1.29 is 5.11 Å². The number of piperidine rings is 3. The van der Waals surface area contributed by atoms with Crippen LogP contribution in [0.5, 0.6) is 0 Å². The van der Waals surface area contributed by atoms with Gasteiger partial charge < -0.3 is 10.0 Å². The molecule has 4 bridgehead atoms. The Kier molecular flexibility index (Phi) is 1.16. The largest absolute Gasteiger partial charge is 0.392 e. The second-order valence-electron chi connectivity index (χ2n) is 4.57. The summed E-state index contributed by atoms with van der Waals surface area (Å²) in [7, 11) is 0. The van der Waals surface area contributed by atoms with Gasteiger partial charge in [0.2, 0.25) is 0 Å². The van der Waals surface area contributed by atoms with Gasteiger partial charge in [0.1, 0.15) is 0 Å². The van der Waals surface area contributed by atoms with Gasteiger partial charge in [-0.1, -0.05) is 0 Å². The highest BCUT2D eigenvalue weighted by molar-refractivity contribution is 4.98. The first-order valence-electron chi connectivity index (χ1n) is 4.73. The van der Waals surface area contributed by atoms with Gasteiger partial charge in [-0.2, -0.15) is 0 Å². The van der Waals surface area contributed by atoms with Crippen LogP contribution in [0.4, 0.5) is 0 Å². The average Bonchev–Trinajstić information content (AvgIpc) is 1.98. The summed E-state index contributed by atoms with van der Waals surface area (Å²) in [4.78, 5) is 2.54. The van der Waals surface area contributed by atoms with Crippen molar-refractivity contribution in [2.75, 3.05) is 19.6 Å². The summed E-state index contributed by atoms with van der Waals surface area (Å²) in [5.41, 5.74) is 0. The number of aliphatic hydroxyl groups excluding tert-OH is 1. The van der Waals surface area contributed by atoms with Crippen LogP contribution >= 0.6 is 0 Å². The van der Waals surface area contributed by atoms with Gasteiger partial charge in [0.25, 0.3) is 0 Å². The molecule has 1 saturated carbocycles. The smallest absolute Gasteiger partial charge is 0.0621 e. The van der Waals surface area contributed by atoms with E-state index in [1.54, 1.807) is 0 Å². The molecular weight excluding hydrogens is 138 g/mol. The summed E-state index contributed by atoms with van der Waals surface area (Å²) in [6, 6.07) is 0. The Morgan fingerprint density at radius 2 is 1.64 bits per heavy atom. The predicted octanol–water partition coefficient (Wildman–Crippen LogP) is 0.319. The van der Waals surface area contributed by atoms with Crippen molar-refractivity contribution in [3.63, 3.8) is 0 Å². The van der Waals surface area contributed by atoms with Crippen molar-refractivity contribution in [3.05, 3.63) is 0 Å². The molecule has 0 amide bonds. The van der Waals surface area contributed by atoms with Gasteiger partial charge in [-0.3, -0.25) is 0 Å². The van der Waals surface area contributed by atoms with E-state index in [0.29, 0.717) is 11.8 Å². The Balaban J connectivity index is 1.91. The summed E-state index contributed by atoms with van der Waals surface area (Å²) in [6.07, 6.45) is 2.64. The number of aliphatic hydroxyl groups is 1. The van der Waals surface area contributed by atoms with E-state index in [0.717, 1.165) is 5.92 Å². The molecule has 0 radical (unpaired) electrons. The van der Waals surface area contributed by atoms with Crippen LogP contribution in [0, 0.1) is 17.8 Å². The Bertz CT molecular complexity index is 152. The summed E-state index contributed by atoms with van der Waals surface area (Å²) in [5.74, 6) is 2.18. The molecule has 3 aliphatic heterocycles. The second kappa shape index (κ2) is 1.99. The molecule has 0 aromatic heterocycles. The van der Waals surface area contributed by atoms with Gasteiger partial charge in [-0.15, -0.1) is 0 Å². The highest BCUT2D eigenvalue weighted by Gasteiger charge is 2.46. The van der Waals surface area contributed by atoms with Crippen LogP contribution in [-0.2, 0) is 0 Å². The molecule has 2 atom stereocenters. The first-order valence-corrected chi connectivity index (χ1v) is 4.73. The van der Waals surface area contributed by atoms with Crippen molar-refractivity contribution in [2.24, 2.45) is 17.8 Å². The van der Waals surface area contributed by atoms with E-state index >= 15 is 0 Å². The van der Waals surface area contributed by atoms with E-state index in [9.17, 15) is 5.11 Å². The molecule has 1 N–H and O–H groups in total. The minimum atomic E-state index is 0.0443. The number of rotatable bonds is 0. The van der Waals surface area contributed by atoms with E-state index in [-0.39, 0.29) is 6.10 Å². The van der Waals surface area contributed by atoms with Crippen LogP contribution in [0.3, 0.4) is 0 Å². The topological polar surface area (TPSA) is 23.5 Å². The fraction of sp³-hybridized carbons (Fsp3) is 1.00. The molecule has 4 fully saturated rings. The van der Waals surface area contributed by atoms with E-state index in [4.69, 9.17) is 0 Å². The van der Waals surface area contributed by atoms with Crippen LogP contribution < -0.4 is 0 Å². The molecule has 0 aromatic carbocycles. The fourth-order valence-corrected chi connectivity index (χ4v) is 3.38. The third-order valence-corrected chi connectivity index (χ3v) is 3.74. The van der Waals surface area contributed by atoms with E-state index < -0.39 is 0 Å². The van der Waals surface area contributed by atoms with E-state index in [1.165, 1.54) is 32.5 Å². The Morgan fingerprint density at radius 3 is 2.18 bits per heavy atom. The van der Waals surface area contributed by atoms with Crippen molar-refractivity contribution in [2.45, 2.75) is 18.9 Å². The summed E-state index contributed by atoms with van der Waals surface area (Å²) >= 11 is 0. The molecule has 11 heavy (non-hydrogen) atoms. The lowest BCUT2D eigenvalue weighted by atomic mass is 9.66. The van der Waals surface area contributed by atoms with E-state index in [1.807, 2.05) is 0 Å². The van der Waals surface area contributed by atoms with Crippen LogP contribution in [0.25, 0.3) is 0 Å². The maximum Gasteiger partial charge on any atom is 0.0621 e. The maximum absolute atomic E-state index is 9.80. The Hall–Kier alpha value is -0.0800. The zero-order chi connectivity index (χ0) is 7.42. The zero-order valence-electron chi connectivity index (χ0n) is 6.74. The van der Waals surface area contributed by atoms with Gasteiger partial charge >= 0.3 is 0 Å². The molecule has 4 rings (SSSR count). The SMILES string of the molecule is OC1[C@@H]2CC3C[C@@H]1CN(C3)C2. The minimum absolute atomic E-state index is 0.0443. The number of nitrogens with zero attached hydrogens (tertiary/aromatic N) is 1. The van der Waals surface area contributed by atoms with Gasteiger partial charge in [0.15, 0.2) is 0 Å². The third kappa shape index (κ3) is 0.798. The molecule has 1 aliphatic carbocycles. The summed E-state index contributed by atoms with van der Waals surface area (Å²) in [6.45, 7) is 3.67. The van der Waals surface area contributed by atoms with Crippen molar-refractivity contribution in [1.82, 2.24) is 4.90 Å². The first-order chi connectivity index (χ1) is 5.33. The van der Waals surface area contributed by atoms with Gasteiger partial charge in [0, 0.05) is 19.6 Å². The number of hydrogen-bond donors (Lipinski definition) is 1. The fourth-order valence-electron chi connectivity index (χ4n) is 3.38. The molecule has 3 heterocycles. The Labute approximate surface area is 67.2 Å². The predicted molar refractivity (Wildman–Crippen MR) is 42.2 cm³/mol. The molecule has 0 spiro atoms. The quantitative estimate of drug-likeness (QED) is 0.541. The first kappa shape index (κ1) is 6.44. The van der Waals surface area contributed by atoms with Crippen LogP contribution in [0.2, 0.25) is 0 Å². The molecule has 4 aliphatic rings. The van der Waals surface area contributed by atoms with Crippen LogP contribution in [0.1, 0.15) is 12.8 Å². The van der Waals surface area contributed by atoms with Crippen molar-refractivity contribution in [1.29, 1.82) is 0 Å². The molecule has 0 unspecified atom stereocenters. The lowest BCUT2D eigenvalue weighted by molar-refractivity contribution is -0.110. The standard InChI is InChI=1S/C9H15NO/c11-9-7-1-6-2-8(9)5-10(3-6)4-7/h6-9,11H,1-5H2/t6?,7-,8-,9?/m1/s1. The van der Waals surface area contributed by atoms with Gasteiger partial charge in [-0.25, -0.2) is 0 Å². The summed E-state index contributed by atoms with van der Waals surface area (Å²) in [5, 5.41) is 9.80. The maximum atomic E-state index is 9.80. The monoisotopic (exact) mass is 153 g/mol. The van der Waals surface area contributed by atoms with Crippen molar-refractivity contribution in [3.8, 4) is 0 Å². The third-order valence-electron chi connectivity index (χ3n) is 3.74. The lowest BCUT2D eigenvalue weighted by Gasteiger charge is -2.54. The minimum Gasteiger partial charge on any atom is -0.392 e. The highest BCUT2D eigenvalue weighted by Crippen LogP contribution is 2.43. The van der Waals surface area contributed by atoms with Gasteiger partial charge in [-0.05, 0) is 30.6 Å². The molecular formula is C9H15NO. The molecule has 2 heteroatoms. The average molecular weight is 153 g/mol. The van der Waals surface area contributed by atoms with Gasteiger partial charge in [0.05, 0.1) is 6.10 Å². The lowest BCUT2D eigenvalue weighted by Crippen LogP contribution is -2.59. The normalized spacial score (nSPS) is 60.3. The summed E-state index contributed by atoms with van der Waals surface area (Å²) < 4.78 is 0. The van der Waals surface area contributed by atoms with Crippen molar-refractivity contribution >= 4 is 0 Å². The number of hydrogen-bond acceptors (Lipinski definition) is 2. The molecule has 62 valence electrons. The molecule has 2 nitrogen and oxygen atoms in total. The van der Waals surface area contributed by atoms with Crippen LogP contribution in [-0.4, -0.2) is 35.7 Å². The zero-order valence-corrected chi connectivity index (χ0v) is 6.74. The highest BCUT2D eigenvalue weighted by atomic mass is 16.3. The molecule has 3 saturated heterocycles. The second-order valence-corrected chi connectivity index (χ2v) is 4.57. The molecule has 0 aromatic rings. The van der Waals surface area contributed by atoms with E-state index in [2.05, 4.69) is 4.90 Å². The van der Waals surface area contributed by atoms with Crippen LogP contribution in [0.15, 0.2) is 0 Å².